The normalized spacial score (nSPS) is 14.8. The van der Waals surface area contributed by atoms with Crippen LogP contribution in [0.4, 0.5) is 11.6 Å². The summed E-state index contributed by atoms with van der Waals surface area (Å²) >= 11 is 0. The highest BCUT2D eigenvalue weighted by Crippen LogP contribution is 2.15. The summed E-state index contributed by atoms with van der Waals surface area (Å²) in [5.74, 6) is 0.451. The van der Waals surface area contributed by atoms with Crippen molar-refractivity contribution in [2.24, 2.45) is 0 Å². The molecule has 0 bridgehead atoms. The van der Waals surface area contributed by atoms with E-state index in [9.17, 15) is 4.79 Å². The number of ether oxygens (including phenoxy) is 1. The van der Waals surface area contributed by atoms with E-state index in [1.165, 1.54) is 6.20 Å². The molecular weight excluding hydrogens is 270 g/mol. The average molecular weight is 285 g/mol. The Labute approximate surface area is 122 Å². The van der Waals surface area contributed by atoms with Crippen molar-refractivity contribution in [3.05, 3.63) is 42.2 Å². The van der Waals surface area contributed by atoms with E-state index in [0.29, 0.717) is 37.8 Å². The van der Waals surface area contributed by atoms with Gasteiger partial charge in [0.15, 0.2) is 0 Å². The number of hydrogen-bond donors (Lipinski definition) is 1. The van der Waals surface area contributed by atoms with Crippen molar-refractivity contribution in [1.82, 2.24) is 20.1 Å². The summed E-state index contributed by atoms with van der Waals surface area (Å²) in [7, 11) is 0. The SMILES string of the molecule is O=C(c1ccc(Nc2nccnn2)cc1)N1CCOCC1. The smallest absolute Gasteiger partial charge is 0.254 e. The number of hydrogen-bond acceptors (Lipinski definition) is 6. The zero-order chi connectivity index (χ0) is 14.5. The second kappa shape index (κ2) is 6.27. The molecular formula is C14H15N5O2. The second-order valence-electron chi connectivity index (χ2n) is 4.57. The molecule has 0 spiro atoms. The first-order valence-electron chi connectivity index (χ1n) is 6.71. The zero-order valence-electron chi connectivity index (χ0n) is 11.4. The number of rotatable bonds is 3. The Kier molecular flexibility index (Phi) is 4.02. The van der Waals surface area contributed by atoms with Gasteiger partial charge in [0.25, 0.3) is 5.91 Å². The third-order valence-electron chi connectivity index (χ3n) is 3.17. The third-order valence-corrected chi connectivity index (χ3v) is 3.17. The number of anilines is 2. The second-order valence-corrected chi connectivity index (χ2v) is 4.57. The van der Waals surface area contributed by atoms with Crippen LogP contribution < -0.4 is 5.32 Å². The zero-order valence-corrected chi connectivity index (χ0v) is 11.4. The van der Waals surface area contributed by atoms with Crippen molar-refractivity contribution in [2.75, 3.05) is 31.6 Å². The minimum atomic E-state index is 0.0301. The van der Waals surface area contributed by atoms with Crippen molar-refractivity contribution in [2.45, 2.75) is 0 Å². The van der Waals surface area contributed by atoms with E-state index in [1.54, 1.807) is 23.2 Å². The lowest BCUT2D eigenvalue weighted by atomic mass is 10.1. The molecule has 1 amide bonds. The van der Waals surface area contributed by atoms with Gasteiger partial charge in [-0.1, -0.05) is 0 Å². The maximum atomic E-state index is 12.3. The van der Waals surface area contributed by atoms with E-state index in [4.69, 9.17) is 4.74 Å². The Morgan fingerprint density at radius 1 is 1.14 bits per heavy atom. The van der Waals surface area contributed by atoms with Crippen molar-refractivity contribution in [3.8, 4) is 0 Å². The highest BCUT2D eigenvalue weighted by molar-refractivity contribution is 5.94. The fraction of sp³-hybridized carbons (Fsp3) is 0.286. The van der Waals surface area contributed by atoms with E-state index in [2.05, 4.69) is 20.5 Å². The molecule has 0 atom stereocenters. The molecule has 1 aliphatic rings. The van der Waals surface area contributed by atoms with Gasteiger partial charge in [0.05, 0.1) is 25.6 Å². The molecule has 1 aromatic carbocycles. The molecule has 7 heteroatoms. The Bertz CT molecular complexity index is 597. The molecule has 1 N–H and O–H groups in total. The summed E-state index contributed by atoms with van der Waals surface area (Å²) in [4.78, 5) is 18.1. The van der Waals surface area contributed by atoms with Crippen molar-refractivity contribution >= 4 is 17.5 Å². The van der Waals surface area contributed by atoms with Gasteiger partial charge < -0.3 is 15.0 Å². The van der Waals surface area contributed by atoms with Gasteiger partial charge in [0.2, 0.25) is 5.95 Å². The molecule has 108 valence electrons. The summed E-state index contributed by atoms with van der Waals surface area (Å²) in [6.45, 7) is 2.48. The van der Waals surface area contributed by atoms with E-state index in [-0.39, 0.29) is 5.91 Å². The van der Waals surface area contributed by atoms with Crippen molar-refractivity contribution < 1.29 is 9.53 Å². The van der Waals surface area contributed by atoms with Crippen molar-refractivity contribution in [1.29, 1.82) is 0 Å². The molecule has 1 aliphatic heterocycles. The van der Waals surface area contributed by atoms with Crippen LogP contribution in [0.2, 0.25) is 0 Å². The Morgan fingerprint density at radius 2 is 1.90 bits per heavy atom. The Balaban J connectivity index is 1.67. The maximum Gasteiger partial charge on any atom is 0.254 e. The van der Waals surface area contributed by atoms with Gasteiger partial charge in [-0.25, -0.2) is 4.98 Å². The minimum Gasteiger partial charge on any atom is -0.378 e. The van der Waals surface area contributed by atoms with Gasteiger partial charge in [-0.2, -0.15) is 5.10 Å². The Morgan fingerprint density at radius 3 is 2.57 bits per heavy atom. The van der Waals surface area contributed by atoms with Crippen LogP contribution in [0.15, 0.2) is 36.7 Å². The number of benzene rings is 1. The summed E-state index contributed by atoms with van der Waals surface area (Å²) in [5, 5.41) is 10.6. The van der Waals surface area contributed by atoms with Crippen LogP contribution in [-0.2, 0) is 4.74 Å². The molecule has 3 rings (SSSR count). The molecule has 0 aliphatic carbocycles. The number of carbonyl (C=O) groups is 1. The van der Waals surface area contributed by atoms with E-state index in [1.807, 2.05) is 12.1 Å². The predicted octanol–water partition coefficient (Wildman–Crippen LogP) is 1.09. The van der Waals surface area contributed by atoms with Gasteiger partial charge >= 0.3 is 0 Å². The van der Waals surface area contributed by atoms with Gasteiger partial charge in [-0.15, -0.1) is 5.10 Å². The standard InChI is InChI=1S/C14H15N5O2/c20-13(19-7-9-21-10-8-19)11-1-3-12(4-2-11)17-14-15-5-6-16-18-14/h1-6H,7-10H2,(H,15,17,18). The van der Waals surface area contributed by atoms with Crippen LogP contribution in [-0.4, -0.2) is 52.3 Å². The largest absolute Gasteiger partial charge is 0.378 e. The van der Waals surface area contributed by atoms with Gasteiger partial charge in [-0.05, 0) is 24.3 Å². The first kappa shape index (κ1) is 13.4. The minimum absolute atomic E-state index is 0.0301. The first-order valence-corrected chi connectivity index (χ1v) is 6.71. The molecule has 0 radical (unpaired) electrons. The predicted molar refractivity (Wildman–Crippen MR) is 76.3 cm³/mol. The summed E-state index contributed by atoms with van der Waals surface area (Å²) in [6.07, 6.45) is 3.07. The number of nitrogens with one attached hydrogen (secondary N) is 1. The molecule has 2 heterocycles. The van der Waals surface area contributed by atoms with Crippen LogP contribution in [0.1, 0.15) is 10.4 Å². The molecule has 1 saturated heterocycles. The topological polar surface area (TPSA) is 80.2 Å². The van der Waals surface area contributed by atoms with Crippen LogP contribution >= 0.6 is 0 Å². The van der Waals surface area contributed by atoms with E-state index < -0.39 is 0 Å². The molecule has 1 aromatic heterocycles. The molecule has 2 aromatic rings. The molecule has 1 fully saturated rings. The molecule has 0 unspecified atom stereocenters. The first-order chi connectivity index (χ1) is 10.3. The van der Waals surface area contributed by atoms with Gasteiger partial charge in [0, 0.05) is 24.3 Å². The molecule has 7 nitrogen and oxygen atoms in total. The highest BCUT2D eigenvalue weighted by Gasteiger charge is 2.18. The fourth-order valence-electron chi connectivity index (χ4n) is 2.08. The molecule has 21 heavy (non-hydrogen) atoms. The number of aromatic nitrogens is 3. The summed E-state index contributed by atoms with van der Waals surface area (Å²) in [5.41, 5.74) is 1.47. The Hall–Kier alpha value is -2.54. The van der Waals surface area contributed by atoms with Crippen LogP contribution in [0.5, 0.6) is 0 Å². The average Bonchev–Trinajstić information content (AvgIpc) is 2.57. The lowest BCUT2D eigenvalue weighted by Gasteiger charge is -2.26. The lowest BCUT2D eigenvalue weighted by Crippen LogP contribution is -2.40. The number of amides is 1. The fourth-order valence-corrected chi connectivity index (χ4v) is 2.08. The van der Waals surface area contributed by atoms with Gasteiger partial charge in [-0.3, -0.25) is 4.79 Å². The van der Waals surface area contributed by atoms with Crippen LogP contribution in [0.25, 0.3) is 0 Å². The van der Waals surface area contributed by atoms with Gasteiger partial charge in [0.1, 0.15) is 0 Å². The summed E-state index contributed by atoms with van der Waals surface area (Å²) in [6, 6.07) is 7.22. The van der Waals surface area contributed by atoms with Crippen LogP contribution in [0.3, 0.4) is 0 Å². The van der Waals surface area contributed by atoms with E-state index >= 15 is 0 Å². The lowest BCUT2D eigenvalue weighted by molar-refractivity contribution is 0.0303. The highest BCUT2D eigenvalue weighted by atomic mass is 16.5. The van der Waals surface area contributed by atoms with Crippen LogP contribution in [0, 0.1) is 0 Å². The quantitative estimate of drug-likeness (QED) is 0.909. The maximum absolute atomic E-state index is 12.3. The molecule has 0 saturated carbocycles. The monoisotopic (exact) mass is 285 g/mol. The number of carbonyl (C=O) groups excluding carboxylic acids is 1. The third kappa shape index (κ3) is 3.32. The number of nitrogens with zero attached hydrogens (tertiary/aromatic N) is 4. The van der Waals surface area contributed by atoms with Crippen molar-refractivity contribution in [3.63, 3.8) is 0 Å². The number of morpholine rings is 1. The summed E-state index contributed by atoms with van der Waals surface area (Å²) < 4.78 is 5.25. The van der Waals surface area contributed by atoms with E-state index in [0.717, 1.165) is 5.69 Å².